The van der Waals surface area contributed by atoms with Crippen molar-refractivity contribution in [1.82, 2.24) is 15.1 Å². The second-order valence-corrected chi connectivity index (χ2v) is 10.8. The maximum Gasteiger partial charge on any atom is 0.240 e. The summed E-state index contributed by atoms with van der Waals surface area (Å²) in [5.41, 5.74) is 5.51. The summed E-state index contributed by atoms with van der Waals surface area (Å²) < 4.78 is 1.81. The van der Waals surface area contributed by atoms with Gasteiger partial charge in [-0.2, -0.15) is 5.10 Å². The number of nitrogens with zero attached hydrogens (tertiary/aromatic N) is 3. The molecule has 0 fully saturated rings. The van der Waals surface area contributed by atoms with E-state index in [1.807, 2.05) is 97.4 Å². The van der Waals surface area contributed by atoms with Crippen LogP contribution in [0.5, 0.6) is 0 Å². The fourth-order valence-electron chi connectivity index (χ4n) is 4.59. The Morgan fingerprint density at radius 1 is 1.08 bits per heavy atom. The third kappa shape index (κ3) is 5.35. The summed E-state index contributed by atoms with van der Waals surface area (Å²) in [5.74, 6) is 0.490. The van der Waals surface area contributed by atoms with Crippen LogP contribution in [0.25, 0.3) is 16.9 Å². The molecule has 0 spiro atoms. The zero-order valence-corrected chi connectivity index (χ0v) is 22.9. The number of hydrogen-bond donors (Lipinski definition) is 1. The Morgan fingerprint density at radius 3 is 2.55 bits per heavy atom. The molecule has 0 bridgehead atoms. The predicted octanol–water partition coefficient (Wildman–Crippen LogP) is 6.20. The molecule has 6 nitrogen and oxygen atoms in total. The number of aromatic nitrogens is 2. The molecule has 2 amide bonds. The van der Waals surface area contributed by atoms with Crippen LogP contribution in [0.15, 0.2) is 78.9 Å². The third-order valence-corrected chi connectivity index (χ3v) is 7.93. The Hall–Kier alpha value is -3.55. The highest BCUT2D eigenvalue weighted by Gasteiger charge is 2.37. The molecule has 1 N–H and O–H groups in total. The first-order valence-corrected chi connectivity index (χ1v) is 14.1. The van der Waals surface area contributed by atoms with E-state index in [0.717, 1.165) is 40.1 Å². The molecule has 1 aliphatic heterocycles. The minimum absolute atomic E-state index is 0.0829. The molecule has 3 aromatic carbocycles. The van der Waals surface area contributed by atoms with Gasteiger partial charge >= 0.3 is 0 Å². The molecule has 0 aliphatic carbocycles. The summed E-state index contributed by atoms with van der Waals surface area (Å²) >= 11 is 7.95. The van der Waals surface area contributed by atoms with E-state index >= 15 is 0 Å². The summed E-state index contributed by atoms with van der Waals surface area (Å²) in [6, 6.07) is 25.7. The second-order valence-electron chi connectivity index (χ2n) is 9.28. The minimum atomic E-state index is -0.217. The van der Waals surface area contributed by atoms with Crippen LogP contribution in [-0.2, 0) is 9.59 Å². The molecule has 2 heterocycles. The molecule has 1 aromatic heterocycles. The standard InChI is InChI=1S/C30H29ClN4O2S/c1-3-16-32-25(36)18-34-26(37)19-38-29(22-10-7-11-23(31)17-22)27-28(21-8-5-4-6-9-21)33-35(30(27)34)24-14-12-20(2)13-15-24/h4-15,17,29H,3,16,18-19H2,1-2H3,(H,32,36). The molecule has 0 saturated heterocycles. The van der Waals surface area contributed by atoms with Gasteiger partial charge in [0.15, 0.2) is 0 Å². The van der Waals surface area contributed by atoms with Gasteiger partial charge in [0.25, 0.3) is 0 Å². The van der Waals surface area contributed by atoms with Crippen LogP contribution >= 0.6 is 23.4 Å². The number of carbonyl (C=O) groups is 2. The number of amides is 2. The number of halogens is 1. The van der Waals surface area contributed by atoms with Gasteiger partial charge in [-0.3, -0.25) is 14.5 Å². The Morgan fingerprint density at radius 2 is 1.84 bits per heavy atom. The van der Waals surface area contributed by atoms with Gasteiger partial charge < -0.3 is 5.32 Å². The summed E-state index contributed by atoms with van der Waals surface area (Å²) in [6.45, 7) is 4.50. The molecule has 1 aliphatic rings. The Kier molecular flexibility index (Phi) is 7.86. The number of rotatable bonds is 7. The van der Waals surface area contributed by atoms with E-state index in [1.165, 1.54) is 11.8 Å². The van der Waals surface area contributed by atoms with Gasteiger partial charge in [-0.05, 0) is 43.2 Å². The molecule has 0 saturated carbocycles. The molecular formula is C30H29ClN4O2S. The number of nitrogens with one attached hydrogen (secondary N) is 1. The number of fused-ring (bicyclic) bond motifs is 1. The first-order chi connectivity index (χ1) is 18.5. The second kappa shape index (κ2) is 11.5. The van der Waals surface area contributed by atoms with Crippen LogP contribution in [-0.4, -0.2) is 40.4 Å². The first kappa shape index (κ1) is 26.1. The van der Waals surface area contributed by atoms with Gasteiger partial charge in [-0.25, -0.2) is 4.68 Å². The average molecular weight is 545 g/mol. The van der Waals surface area contributed by atoms with Crippen LogP contribution in [0, 0.1) is 6.92 Å². The van der Waals surface area contributed by atoms with Crippen LogP contribution < -0.4 is 10.2 Å². The van der Waals surface area contributed by atoms with Crippen LogP contribution in [0.4, 0.5) is 5.82 Å². The largest absolute Gasteiger partial charge is 0.355 e. The predicted molar refractivity (Wildman–Crippen MR) is 155 cm³/mol. The maximum atomic E-state index is 13.7. The quantitative estimate of drug-likeness (QED) is 0.301. The zero-order chi connectivity index (χ0) is 26.6. The topological polar surface area (TPSA) is 67.2 Å². The Labute approximate surface area is 232 Å². The van der Waals surface area contributed by atoms with E-state index < -0.39 is 0 Å². The minimum Gasteiger partial charge on any atom is -0.355 e. The number of benzene rings is 3. The van der Waals surface area contributed by atoms with Crippen LogP contribution in [0.2, 0.25) is 5.02 Å². The van der Waals surface area contributed by atoms with Gasteiger partial charge in [-0.1, -0.05) is 78.7 Å². The maximum absolute atomic E-state index is 13.7. The van der Waals surface area contributed by atoms with E-state index in [0.29, 0.717) is 17.4 Å². The van der Waals surface area contributed by atoms with Crippen molar-refractivity contribution in [2.75, 3.05) is 23.7 Å². The molecule has 4 aromatic rings. The van der Waals surface area contributed by atoms with Crippen molar-refractivity contribution >= 4 is 41.0 Å². The molecule has 1 atom stereocenters. The van der Waals surface area contributed by atoms with Gasteiger partial charge in [0.2, 0.25) is 11.8 Å². The smallest absolute Gasteiger partial charge is 0.240 e. The van der Waals surface area contributed by atoms with E-state index in [2.05, 4.69) is 5.32 Å². The normalized spacial score (nSPS) is 15.2. The molecule has 1 unspecified atom stereocenters. The summed E-state index contributed by atoms with van der Waals surface area (Å²) in [7, 11) is 0. The number of aryl methyl sites for hydroxylation is 1. The number of anilines is 1. The van der Waals surface area contributed by atoms with Crippen molar-refractivity contribution in [3.8, 4) is 16.9 Å². The molecule has 194 valence electrons. The third-order valence-electron chi connectivity index (χ3n) is 6.44. The number of thioether (sulfide) groups is 1. The number of hydrogen-bond acceptors (Lipinski definition) is 4. The van der Waals surface area contributed by atoms with Gasteiger partial charge in [0.1, 0.15) is 12.4 Å². The van der Waals surface area contributed by atoms with Crippen molar-refractivity contribution in [3.63, 3.8) is 0 Å². The van der Waals surface area contributed by atoms with Crippen LogP contribution in [0.1, 0.15) is 35.3 Å². The molecule has 38 heavy (non-hydrogen) atoms. The van der Waals surface area contributed by atoms with Crippen molar-refractivity contribution in [2.45, 2.75) is 25.5 Å². The molecule has 8 heteroatoms. The summed E-state index contributed by atoms with van der Waals surface area (Å²) in [6.07, 6.45) is 0.817. The van der Waals surface area contributed by atoms with E-state index in [4.69, 9.17) is 16.7 Å². The van der Waals surface area contributed by atoms with Crippen LogP contribution in [0.3, 0.4) is 0 Å². The molecule has 5 rings (SSSR count). The van der Waals surface area contributed by atoms with E-state index in [9.17, 15) is 9.59 Å². The lowest BCUT2D eigenvalue weighted by Crippen LogP contribution is -2.42. The Balaban J connectivity index is 1.78. The fourth-order valence-corrected chi connectivity index (χ4v) is 5.98. The summed E-state index contributed by atoms with van der Waals surface area (Å²) in [4.78, 5) is 28.2. The van der Waals surface area contributed by atoms with Gasteiger partial charge in [0.05, 0.1) is 22.4 Å². The lowest BCUT2D eigenvalue weighted by Gasteiger charge is -2.23. The zero-order valence-electron chi connectivity index (χ0n) is 21.4. The highest BCUT2D eigenvalue weighted by atomic mass is 35.5. The van der Waals surface area contributed by atoms with Gasteiger partial charge in [0, 0.05) is 22.7 Å². The summed E-state index contributed by atoms with van der Waals surface area (Å²) in [5, 5.41) is 8.43. The van der Waals surface area contributed by atoms with Gasteiger partial charge in [-0.15, -0.1) is 11.8 Å². The highest BCUT2D eigenvalue weighted by Crippen LogP contribution is 2.48. The molecule has 0 radical (unpaired) electrons. The number of carbonyl (C=O) groups excluding carboxylic acids is 2. The van der Waals surface area contributed by atoms with E-state index in [-0.39, 0.29) is 29.4 Å². The first-order valence-electron chi connectivity index (χ1n) is 12.7. The lowest BCUT2D eigenvalue weighted by atomic mass is 9.99. The monoisotopic (exact) mass is 544 g/mol. The van der Waals surface area contributed by atoms with Crippen molar-refractivity contribution < 1.29 is 9.59 Å². The van der Waals surface area contributed by atoms with Crippen molar-refractivity contribution in [2.24, 2.45) is 0 Å². The Bertz CT molecular complexity index is 1450. The van der Waals surface area contributed by atoms with Crippen molar-refractivity contribution in [3.05, 3.63) is 101 Å². The fraction of sp³-hybridized carbons (Fsp3) is 0.233. The highest BCUT2D eigenvalue weighted by molar-refractivity contribution is 8.00. The van der Waals surface area contributed by atoms with Crippen molar-refractivity contribution in [1.29, 1.82) is 0 Å². The average Bonchev–Trinajstić information content (AvgIpc) is 3.25. The van der Waals surface area contributed by atoms with E-state index in [1.54, 1.807) is 4.90 Å². The SMILES string of the molecule is CCCNC(=O)CN1C(=O)CSC(c2cccc(Cl)c2)c2c(-c3ccccc3)nn(-c3ccc(C)cc3)c21. The molecular weight excluding hydrogens is 516 g/mol. The lowest BCUT2D eigenvalue weighted by molar-refractivity contribution is -0.122.